The number of hydrogen-bond donors (Lipinski definition) is 1. The van der Waals surface area contributed by atoms with Crippen molar-refractivity contribution < 1.29 is 14.3 Å². The molecule has 0 spiro atoms. The van der Waals surface area contributed by atoms with Gasteiger partial charge in [0.15, 0.2) is 6.61 Å². The third kappa shape index (κ3) is 6.97. The van der Waals surface area contributed by atoms with E-state index in [1.54, 1.807) is 4.90 Å². The van der Waals surface area contributed by atoms with Gasteiger partial charge in [-0.05, 0) is 55.0 Å². The molecule has 1 saturated carbocycles. The summed E-state index contributed by atoms with van der Waals surface area (Å²) in [6, 6.07) is 25.2. The average Bonchev–Trinajstić information content (AvgIpc) is 3.40. The number of aryl methyl sites for hydroxylation is 2. The van der Waals surface area contributed by atoms with Crippen molar-refractivity contribution in [2.24, 2.45) is 0 Å². The van der Waals surface area contributed by atoms with Crippen LogP contribution in [0.4, 0.5) is 0 Å². The smallest absolute Gasteiger partial charge is 0.261 e. The van der Waals surface area contributed by atoms with Crippen molar-refractivity contribution in [3.05, 3.63) is 101 Å². The average molecular weight is 485 g/mol. The summed E-state index contributed by atoms with van der Waals surface area (Å²) in [5, 5.41) is 3.24. The van der Waals surface area contributed by atoms with Crippen LogP contribution in [-0.2, 0) is 22.6 Å². The molecule has 4 rings (SSSR count). The molecule has 188 valence electrons. The lowest BCUT2D eigenvalue weighted by atomic mass is 10.0. The van der Waals surface area contributed by atoms with Gasteiger partial charge < -0.3 is 15.0 Å². The van der Waals surface area contributed by atoms with Gasteiger partial charge in [-0.25, -0.2) is 0 Å². The number of rotatable bonds is 10. The van der Waals surface area contributed by atoms with Gasteiger partial charge in [-0.1, -0.05) is 85.6 Å². The zero-order valence-corrected chi connectivity index (χ0v) is 21.3. The Kier molecular flexibility index (Phi) is 8.77. The monoisotopic (exact) mass is 484 g/mol. The van der Waals surface area contributed by atoms with Gasteiger partial charge in [0.05, 0.1) is 0 Å². The van der Waals surface area contributed by atoms with E-state index in [0.717, 1.165) is 47.9 Å². The summed E-state index contributed by atoms with van der Waals surface area (Å²) in [4.78, 5) is 29.1. The highest BCUT2D eigenvalue weighted by atomic mass is 16.5. The fourth-order valence-corrected chi connectivity index (χ4v) is 4.79. The largest absolute Gasteiger partial charge is 0.483 e. The van der Waals surface area contributed by atoms with Crippen LogP contribution < -0.4 is 10.1 Å². The molecule has 0 aliphatic heterocycles. The third-order valence-corrected chi connectivity index (χ3v) is 6.86. The number of benzene rings is 3. The fraction of sp³-hybridized carbons (Fsp3) is 0.355. The molecule has 1 N–H and O–H groups in total. The molecule has 3 aromatic rings. The summed E-state index contributed by atoms with van der Waals surface area (Å²) in [5.41, 5.74) is 4.04. The highest BCUT2D eigenvalue weighted by Crippen LogP contribution is 2.22. The van der Waals surface area contributed by atoms with Gasteiger partial charge in [0, 0.05) is 19.0 Å². The maximum absolute atomic E-state index is 13.7. The highest BCUT2D eigenvalue weighted by Gasteiger charge is 2.32. The molecule has 3 aromatic carbocycles. The Balaban J connectivity index is 1.60. The zero-order chi connectivity index (χ0) is 25.3. The Morgan fingerprint density at radius 3 is 2.22 bits per heavy atom. The number of hydrogen-bond acceptors (Lipinski definition) is 3. The Morgan fingerprint density at radius 1 is 0.917 bits per heavy atom. The van der Waals surface area contributed by atoms with Crippen molar-refractivity contribution in [2.45, 2.75) is 64.6 Å². The van der Waals surface area contributed by atoms with E-state index < -0.39 is 6.04 Å². The van der Waals surface area contributed by atoms with Crippen LogP contribution in [0.1, 0.15) is 47.9 Å². The van der Waals surface area contributed by atoms with E-state index >= 15 is 0 Å². The van der Waals surface area contributed by atoms with Gasteiger partial charge in [-0.15, -0.1) is 0 Å². The third-order valence-electron chi connectivity index (χ3n) is 6.86. The van der Waals surface area contributed by atoms with E-state index in [9.17, 15) is 9.59 Å². The SMILES string of the molecule is Cc1ccc(C)c(OCC(=O)N(Cc2ccccc2)C(Cc2ccccc2)C(=O)NC2CCCC2)c1. The molecule has 0 bridgehead atoms. The molecule has 5 nitrogen and oxygen atoms in total. The quantitative estimate of drug-likeness (QED) is 0.420. The van der Waals surface area contributed by atoms with Crippen LogP contribution in [0.2, 0.25) is 0 Å². The molecule has 5 heteroatoms. The first-order valence-corrected chi connectivity index (χ1v) is 12.9. The first-order valence-electron chi connectivity index (χ1n) is 12.9. The van der Waals surface area contributed by atoms with Crippen molar-refractivity contribution in [1.29, 1.82) is 0 Å². The summed E-state index contributed by atoms with van der Waals surface area (Å²) in [7, 11) is 0. The zero-order valence-electron chi connectivity index (χ0n) is 21.3. The second-order valence-corrected chi connectivity index (χ2v) is 9.76. The van der Waals surface area contributed by atoms with E-state index in [2.05, 4.69) is 5.32 Å². The van der Waals surface area contributed by atoms with Crippen LogP contribution in [0, 0.1) is 13.8 Å². The topological polar surface area (TPSA) is 58.6 Å². The number of nitrogens with one attached hydrogen (secondary N) is 1. The number of ether oxygens (including phenoxy) is 1. The maximum Gasteiger partial charge on any atom is 0.261 e. The van der Waals surface area contributed by atoms with Gasteiger partial charge in [0.25, 0.3) is 5.91 Å². The summed E-state index contributed by atoms with van der Waals surface area (Å²) in [6.45, 7) is 4.18. The number of nitrogens with zero attached hydrogens (tertiary/aromatic N) is 1. The molecule has 1 fully saturated rings. The molecule has 0 heterocycles. The van der Waals surface area contributed by atoms with Crippen LogP contribution in [-0.4, -0.2) is 35.4 Å². The Hall–Kier alpha value is -3.60. The Bertz CT molecular complexity index is 1140. The molecule has 1 atom stereocenters. The van der Waals surface area contributed by atoms with Crippen LogP contribution in [0.25, 0.3) is 0 Å². The molecule has 0 radical (unpaired) electrons. The lowest BCUT2D eigenvalue weighted by molar-refractivity contribution is -0.143. The van der Waals surface area contributed by atoms with Gasteiger partial charge in [-0.2, -0.15) is 0 Å². The van der Waals surface area contributed by atoms with Crippen LogP contribution in [0.15, 0.2) is 78.9 Å². The lowest BCUT2D eigenvalue weighted by Gasteiger charge is -2.32. The molecule has 2 amide bonds. The molecule has 0 saturated heterocycles. The standard InChI is InChI=1S/C31H36N2O3/c1-23-17-18-24(2)29(19-23)36-22-30(34)33(21-26-13-7-4-8-14-26)28(20-25-11-5-3-6-12-25)31(35)32-27-15-9-10-16-27/h3-8,11-14,17-19,27-28H,9-10,15-16,20-22H2,1-2H3,(H,32,35). The number of amides is 2. The van der Waals surface area contributed by atoms with E-state index in [0.29, 0.717) is 18.7 Å². The van der Waals surface area contributed by atoms with Crippen molar-refractivity contribution in [1.82, 2.24) is 10.2 Å². The summed E-state index contributed by atoms with van der Waals surface area (Å²) >= 11 is 0. The minimum absolute atomic E-state index is 0.0956. The van der Waals surface area contributed by atoms with Gasteiger partial charge in [0.1, 0.15) is 11.8 Å². The van der Waals surface area contributed by atoms with Crippen molar-refractivity contribution in [3.63, 3.8) is 0 Å². The molecular formula is C31H36N2O3. The van der Waals surface area contributed by atoms with Crippen LogP contribution >= 0.6 is 0 Å². The van der Waals surface area contributed by atoms with E-state index in [1.807, 2.05) is 92.7 Å². The van der Waals surface area contributed by atoms with Gasteiger partial charge >= 0.3 is 0 Å². The minimum atomic E-state index is -0.636. The summed E-state index contributed by atoms with van der Waals surface area (Å²) in [5.74, 6) is 0.391. The number of carbonyl (C=O) groups is 2. The first kappa shape index (κ1) is 25.5. The fourth-order valence-electron chi connectivity index (χ4n) is 4.79. The predicted molar refractivity (Wildman–Crippen MR) is 143 cm³/mol. The Morgan fingerprint density at radius 2 is 1.56 bits per heavy atom. The van der Waals surface area contributed by atoms with Crippen LogP contribution in [0.3, 0.4) is 0 Å². The predicted octanol–water partition coefficient (Wildman–Crippen LogP) is 5.38. The highest BCUT2D eigenvalue weighted by molar-refractivity contribution is 5.88. The second-order valence-electron chi connectivity index (χ2n) is 9.76. The molecule has 0 aromatic heterocycles. The Labute approximate surface area is 214 Å². The normalized spacial score (nSPS) is 14.3. The number of carbonyl (C=O) groups excluding carboxylic acids is 2. The summed E-state index contributed by atoms with van der Waals surface area (Å²) < 4.78 is 5.99. The van der Waals surface area contributed by atoms with E-state index in [-0.39, 0.29) is 24.5 Å². The van der Waals surface area contributed by atoms with E-state index in [1.165, 1.54) is 0 Å². The maximum atomic E-state index is 13.7. The molecule has 1 unspecified atom stereocenters. The van der Waals surface area contributed by atoms with Crippen molar-refractivity contribution in [2.75, 3.05) is 6.61 Å². The molecular weight excluding hydrogens is 448 g/mol. The van der Waals surface area contributed by atoms with Gasteiger partial charge in [0.2, 0.25) is 5.91 Å². The van der Waals surface area contributed by atoms with Crippen molar-refractivity contribution >= 4 is 11.8 Å². The summed E-state index contributed by atoms with van der Waals surface area (Å²) in [6.07, 6.45) is 4.69. The lowest BCUT2D eigenvalue weighted by Crippen LogP contribution is -2.53. The minimum Gasteiger partial charge on any atom is -0.483 e. The van der Waals surface area contributed by atoms with Gasteiger partial charge in [-0.3, -0.25) is 9.59 Å². The second kappa shape index (κ2) is 12.4. The molecule has 36 heavy (non-hydrogen) atoms. The van der Waals surface area contributed by atoms with E-state index in [4.69, 9.17) is 4.74 Å². The van der Waals surface area contributed by atoms with Crippen molar-refractivity contribution in [3.8, 4) is 5.75 Å². The van der Waals surface area contributed by atoms with Crippen LogP contribution in [0.5, 0.6) is 5.75 Å². The molecule has 1 aliphatic carbocycles. The first-order chi connectivity index (χ1) is 17.5. The molecule has 1 aliphatic rings.